The van der Waals surface area contributed by atoms with E-state index in [-0.39, 0.29) is 0 Å². The van der Waals surface area contributed by atoms with E-state index in [0.717, 1.165) is 36.2 Å². The monoisotopic (exact) mass is 247 g/mol. The Balaban J connectivity index is 2.19. The van der Waals surface area contributed by atoms with E-state index >= 15 is 0 Å². The van der Waals surface area contributed by atoms with Gasteiger partial charge in [0, 0.05) is 29.4 Å². The first-order chi connectivity index (χ1) is 8.61. The first-order valence-corrected chi connectivity index (χ1v) is 7.16. The molecule has 0 amide bonds. The summed E-state index contributed by atoms with van der Waals surface area (Å²) in [6, 6.07) is 0. The number of nitrogens with one attached hydrogen (secondary N) is 1. The van der Waals surface area contributed by atoms with Crippen molar-refractivity contribution in [2.24, 2.45) is 5.92 Å². The topological polar surface area (TPSA) is 37.8 Å². The maximum absolute atomic E-state index is 4.75. The van der Waals surface area contributed by atoms with Crippen molar-refractivity contribution in [3.8, 4) is 0 Å². The number of hydrogen-bond donors (Lipinski definition) is 1. The maximum atomic E-state index is 4.75. The Kier molecular flexibility index (Phi) is 4.33. The molecule has 1 aromatic heterocycles. The highest BCUT2D eigenvalue weighted by atomic mass is 14.9. The molecule has 1 aromatic rings. The molecule has 0 radical (unpaired) electrons. The van der Waals surface area contributed by atoms with Crippen LogP contribution in [0.2, 0.25) is 0 Å². The minimum atomic E-state index is 0.589. The van der Waals surface area contributed by atoms with Crippen LogP contribution >= 0.6 is 0 Å². The van der Waals surface area contributed by atoms with Crippen LogP contribution in [0.1, 0.15) is 61.8 Å². The van der Waals surface area contributed by atoms with E-state index in [1.165, 1.54) is 24.8 Å². The van der Waals surface area contributed by atoms with Crippen LogP contribution in [0.25, 0.3) is 0 Å². The predicted octanol–water partition coefficient (Wildman–Crippen LogP) is 3.11. The van der Waals surface area contributed by atoms with Crippen LogP contribution in [0.3, 0.4) is 0 Å². The lowest BCUT2D eigenvalue weighted by Crippen LogP contribution is -2.16. The van der Waals surface area contributed by atoms with Crippen LogP contribution in [0.5, 0.6) is 0 Å². The van der Waals surface area contributed by atoms with Crippen molar-refractivity contribution >= 4 is 0 Å². The lowest BCUT2D eigenvalue weighted by molar-refractivity contribution is 0.581. The zero-order valence-electron chi connectivity index (χ0n) is 12.1. The van der Waals surface area contributed by atoms with E-state index in [0.29, 0.717) is 5.92 Å². The van der Waals surface area contributed by atoms with Gasteiger partial charge in [-0.15, -0.1) is 0 Å². The third-order valence-corrected chi connectivity index (χ3v) is 4.05. The van der Waals surface area contributed by atoms with E-state index in [4.69, 9.17) is 9.97 Å². The molecule has 0 aliphatic heterocycles. The molecule has 1 saturated carbocycles. The van der Waals surface area contributed by atoms with Gasteiger partial charge < -0.3 is 5.32 Å². The van der Waals surface area contributed by atoms with Crippen LogP contribution < -0.4 is 5.32 Å². The van der Waals surface area contributed by atoms with Gasteiger partial charge in [0.1, 0.15) is 5.82 Å². The van der Waals surface area contributed by atoms with Crippen molar-refractivity contribution in [3.63, 3.8) is 0 Å². The maximum Gasteiger partial charge on any atom is 0.131 e. The van der Waals surface area contributed by atoms with E-state index in [2.05, 4.69) is 33.0 Å². The molecule has 2 unspecified atom stereocenters. The molecule has 2 rings (SSSR count). The van der Waals surface area contributed by atoms with Crippen molar-refractivity contribution in [2.75, 3.05) is 6.54 Å². The smallest absolute Gasteiger partial charge is 0.131 e. The zero-order chi connectivity index (χ0) is 13.1. The second-order valence-corrected chi connectivity index (χ2v) is 5.63. The minimum Gasteiger partial charge on any atom is -0.313 e. The standard InChI is InChI=1S/C15H25N3/c1-5-16-9-14-11(3)17-15(18-12(14)4)13-7-6-10(2)8-13/h10,13,16H,5-9H2,1-4H3. The second kappa shape index (κ2) is 5.79. The number of nitrogens with zero attached hydrogens (tertiary/aromatic N) is 2. The average molecular weight is 247 g/mol. The zero-order valence-corrected chi connectivity index (χ0v) is 12.1. The fraction of sp³-hybridized carbons (Fsp3) is 0.733. The van der Waals surface area contributed by atoms with Gasteiger partial charge in [-0.2, -0.15) is 0 Å². The highest BCUT2D eigenvalue weighted by Crippen LogP contribution is 2.36. The van der Waals surface area contributed by atoms with Crippen molar-refractivity contribution < 1.29 is 0 Å². The molecule has 2 atom stereocenters. The molecule has 0 saturated heterocycles. The van der Waals surface area contributed by atoms with Crippen LogP contribution in [0.15, 0.2) is 0 Å². The fourth-order valence-electron chi connectivity index (χ4n) is 2.90. The number of hydrogen-bond acceptors (Lipinski definition) is 3. The molecule has 1 aliphatic carbocycles. The molecule has 1 N–H and O–H groups in total. The lowest BCUT2D eigenvalue weighted by Gasteiger charge is -2.14. The molecule has 1 heterocycles. The molecule has 1 aliphatic rings. The Morgan fingerprint density at radius 1 is 1.17 bits per heavy atom. The lowest BCUT2D eigenvalue weighted by atomic mass is 10.0. The van der Waals surface area contributed by atoms with Gasteiger partial charge in [-0.25, -0.2) is 9.97 Å². The van der Waals surface area contributed by atoms with Gasteiger partial charge in [-0.3, -0.25) is 0 Å². The van der Waals surface area contributed by atoms with Crippen molar-refractivity contribution in [1.82, 2.24) is 15.3 Å². The molecule has 1 fully saturated rings. The Morgan fingerprint density at radius 3 is 2.33 bits per heavy atom. The van der Waals surface area contributed by atoms with Gasteiger partial charge in [-0.1, -0.05) is 13.8 Å². The van der Waals surface area contributed by atoms with Crippen LogP contribution in [-0.2, 0) is 6.54 Å². The molecular formula is C15H25N3. The van der Waals surface area contributed by atoms with Gasteiger partial charge in [0.2, 0.25) is 0 Å². The molecule has 18 heavy (non-hydrogen) atoms. The number of rotatable bonds is 4. The third kappa shape index (κ3) is 2.89. The van der Waals surface area contributed by atoms with Crippen molar-refractivity contribution in [1.29, 1.82) is 0 Å². The SMILES string of the molecule is CCNCc1c(C)nc(C2CCC(C)C2)nc1C. The molecule has 3 nitrogen and oxygen atoms in total. The van der Waals surface area contributed by atoms with Gasteiger partial charge in [0.15, 0.2) is 0 Å². The van der Waals surface area contributed by atoms with Crippen molar-refractivity contribution in [3.05, 3.63) is 22.8 Å². The fourth-order valence-corrected chi connectivity index (χ4v) is 2.90. The molecule has 0 aromatic carbocycles. The highest BCUT2D eigenvalue weighted by molar-refractivity contribution is 5.25. The Hall–Kier alpha value is -0.960. The summed E-state index contributed by atoms with van der Waals surface area (Å²) in [6.07, 6.45) is 3.84. The van der Waals surface area contributed by atoms with Gasteiger partial charge in [0.05, 0.1) is 0 Å². The summed E-state index contributed by atoms with van der Waals surface area (Å²) in [7, 11) is 0. The normalized spacial score (nSPS) is 23.6. The number of aryl methyl sites for hydroxylation is 2. The molecule has 100 valence electrons. The molecule has 3 heteroatoms. The van der Waals surface area contributed by atoms with Gasteiger partial charge in [0.25, 0.3) is 0 Å². The Bertz CT molecular complexity index is 391. The highest BCUT2D eigenvalue weighted by Gasteiger charge is 2.25. The summed E-state index contributed by atoms with van der Waals surface area (Å²) in [4.78, 5) is 9.50. The largest absolute Gasteiger partial charge is 0.313 e. The summed E-state index contributed by atoms with van der Waals surface area (Å²) >= 11 is 0. The summed E-state index contributed by atoms with van der Waals surface area (Å²) in [5.41, 5.74) is 3.57. The molecule has 0 bridgehead atoms. The Labute approximate surface area is 110 Å². The van der Waals surface area contributed by atoms with E-state index in [9.17, 15) is 0 Å². The van der Waals surface area contributed by atoms with Crippen LogP contribution in [0.4, 0.5) is 0 Å². The van der Waals surface area contributed by atoms with Crippen LogP contribution in [-0.4, -0.2) is 16.5 Å². The van der Waals surface area contributed by atoms with E-state index in [1.54, 1.807) is 0 Å². The Morgan fingerprint density at radius 2 is 1.83 bits per heavy atom. The third-order valence-electron chi connectivity index (χ3n) is 4.05. The minimum absolute atomic E-state index is 0.589. The summed E-state index contributed by atoms with van der Waals surface area (Å²) in [6.45, 7) is 10.6. The van der Waals surface area contributed by atoms with Gasteiger partial charge in [-0.05, 0) is 45.6 Å². The molecule has 0 spiro atoms. The predicted molar refractivity (Wildman–Crippen MR) is 74.6 cm³/mol. The quantitative estimate of drug-likeness (QED) is 0.888. The van der Waals surface area contributed by atoms with Gasteiger partial charge >= 0.3 is 0 Å². The average Bonchev–Trinajstić information content (AvgIpc) is 2.75. The first kappa shape index (κ1) is 13.5. The van der Waals surface area contributed by atoms with Crippen LogP contribution in [0, 0.1) is 19.8 Å². The second-order valence-electron chi connectivity index (χ2n) is 5.63. The van der Waals surface area contributed by atoms with Crippen molar-refractivity contribution in [2.45, 2.75) is 59.4 Å². The summed E-state index contributed by atoms with van der Waals surface area (Å²) < 4.78 is 0. The first-order valence-electron chi connectivity index (χ1n) is 7.16. The summed E-state index contributed by atoms with van der Waals surface area (Å²) in [5.74, 6) is 2.50. The summed E-state index contributed by atoms with van der Waals surface area (Å²) in [5, 5.41) is 3.36. The van der Waals surface area contributed by atoms with E-state index < -0.39 is 0 Å². The number of aromatic nitrogens is 2. The molecular weight excluding hydrogens is 222 g/mol. The van der Waals surface area contributed by atoms with E-state index in [1.807, 2.05) is 0 Å².